The van der Waals surface area contributed by atoms with Crippen LogP contribution in [-0.2, 0) is 30.8 Å². The maximum absolute atomic E-state index is 13.0. The monoisotopic (exact) mass is 505 g/mol. The van der Waals surface area contributed by atoms with E-state index in [1.165, 1.54) is 0 Å². The Hall–Kier alpha value is -3.04. The molecule has 0 unspecified atom stereocenters. The van der Waals surface area contributed by atoms with Crippen molar-refractivity contribution in [2.45, 2.75) is 32.5 Å². The Morgan fingerprint density at radius 3 is 2.56 bits per heavy atom. The van der Waals surface area contributed by atoms with E-state index in [1.807, 2.05) is 53.9 Å². The van der Waals surface area contributed by atoms with Crippen molar-refractivity contribution in [3.8, 4) is 0 Å². The largest absolute Gasteiger partial charge is 0.348 e. The highest BCUT2D eigenvalue weighted by Crippen LogP contribution is 2.22. The molecule has 1 fully saturated rings. The molecule has 0 radical (unpaired) electrons. The predicted octanol–water partition coefficient (Wildman–Crippen LogP) is 3.46. The van der Waals surface area contributed by atoms with Crippen LogP contribution < -0.4 is 16.4 Å². The molecule has 1 aliphatic heterocycles. The minimum atomic E-state index is -0.172. The number of nitrogens with two attached hydrogens (primary N) is 1. The first-order chi connectivity index (χ1) is 17.5. The van der Waals surface area contributed by atoms with Gasteiger partial charge in [0.05, 0.1) is 6.42 Å². The Morgan fingerprint density at radius 2 is 1.81 bits per heavy atom. The second kappa shape index (κ2) is 12.8. The zero-order chi connectivity index (χ0) is 25.3. The first-order valence-corrected chi connectivity index (χ1v) is 13.3. The molecule has 7 nitrogen and oxygen atoms in total. The van der Waals surface area contributed by atoms with Gasteiger partial charge in [0.2, 0.25) is 5.91 Å². The average Bonchev–Trinajstić information content (AvgIpc) is 3.31. The number of carbonyl (C=O) groups is 2. The highest BCUT2D eigenvalue weighted by atomic mass is 32.1. The topological polar surface area (TPSA) is 90.7 Å². The smallest absolute Gasteiger partial charge is 0.251 e. The molecule has 190 valence electrons. The number of hydrogen-bond acceptors (Lipinski definition) is 6. The molecule has 8 heteroatoms. The third-order valence-corrected chi connectivity index (χ3v) is 7.36. The summed E-state index contributed by atoms with van der Waals surface area (Å²) in [5.41, 5.74) is 9.98. The average molecular weight is 506 g/mol. The summed E-state index contributed by atoms with van der Waals surface area (Å²) < 4.78 is 0. The maximum Gasteiger partial charge on any atom is 0.251 e. The lowest BCUT2D eigenvalue weighted by molar-refractivity contribution is -0.115. The second-order valence-electron chi connectivity index (χ2n) is 9.31. The molecule has 2 aromatic carbocycles. The fourth-order valence-electron chi connectivity index (χ4n) is 4.31. The standard InChI is InChI=1S/C28H35N5O2S/c1-32-11-3-12-33(14-13-32)20-24-10-9-23(16-26(24)31-27(34)17-25-4-2-15-36-25)28(35)30-19-22-7-5-21(18-29)6-8-22/h2,4-10,15-16H,3,11-14,17-20,29H2,1H3,(H,30,35)(H,31,34). The normalized spacial score (nSPS) is 14.8. The van der Waals surface area contributed by atoms with Crippen LogP contribution in [-0.4, -0.2) is 54.8 Å². The molecule has 36 heavy (non-hydrogen) atoms. The number of thiophene rings is 1. The molecule has 2 amide bonds. The van der Waals surface area contributed by atoms with Crippen molar-refractivity contribution in [1.82, 2.24) is 15.1 Å². The molecule has 4 N–H and O–H groups in total. The summed E-state index contributed by atoms with van der Waals surface area (Å²) in [4.78, 5) is 31.6. The lowest BCUT2D eigenvalue weighted by Gasteiger charge is -2.22. The Balaban J connectivity index is 1.47. The summed E-state index contributed by atoms with van der Waals surface area (Å²) >= 11 is 1.57. The van der Waals surface area contributed by atoms with Gasteiger partial charge in [0.1, 0.15) is 0 Å². The van der Waals surface area contributed by atoms with E-state index in [9.17, 15) is 9.59 Å². The molecule has 0 bridgehead atoms. The Kier molecular flexibility index (Phi) is 9.24. The van der Waals surface area contributed by atoms with E-state index in [1.54, 1.807) is 17.4 Å². The fourth-order valence-corrected chi connectivity index (χ4v) is 5.02. The van der Waals surface area contributed by atoms with Gasteiger partial charge in [-0.15, -0.1) is 11.3 Å². The highest BCUT2D eigenvalue weighted by molar-refractivity contribution is 7.10. The number of benzene rings is 2. The highest BCUT2D eigenvalue weighted by Gasteiger charge is 2.17. The summed E-state index contributed by atoms with van der Waals surface area (Å²) in [5, 5.41) is 8.04. The van der Waals surface area contributed by atoms with Crippen LogP contribution in [0.2, 0.25) is 0 Å². The molecule has 3 aromatic rings. The Labute approximate surface area is 217 Å². The van der Waals surface area contributed by atoms with Crippen LogP contribution >= 0.6 is 11.3 Å². The second-order valence-corrected chi connectivity index (χ2v) is 10.3. The minimum Gasteiger partial charge on any atom is -0.348 e. The number of hydrogen-bond donors (Lipinski definition) is 3. The Morgan fingerprint density at radius 1 is 1.00 bits per heavy atom. The third kappa shape index (κ3) is 7.48. The molecular formula is C28H35N5O2S. The van der Waals surface area contributed by atoms with Crippen molar-refractivity contribution in [3.05, 3.63) is 87.1 Å². The van der Waals surface area contributed by atoms with E-state index >= 15 is 0 Å². The number of anilines is 1. The molecule has 0 atom stereocenters. The maximum atomic E-state index is 13.0. The third-order valence-electron chi connectivity index (χ3n) is 6.48. The summed E-state index contributed by atoms with van der Waals surface area (Å²) in [6.07, 6.45) is 1.43. The molecule has 0 spiro atoms. The van der Waals surface area contributed by atoms with Crippen LogP contribution in [0, 0.1) is 0 Å². The summed E-state index contributed by atoms with van der Waals surface area (Å²) in [5.74, 6) is -0.249. The number of likely N-dealkylation sites (N-methyl/N-ethyl adjacent to an activating group) is 1. The van der Waals surface area contributed by atoms with Gasteiger partial charge in [0.15, 0.2) is 0 Å². The van der Waals surface area contributed by atoms with Gasteiger partial charge in [0.25, 0.3) is 5.91 Å². The van der Waals surface area contributed by atoms with Gasteiger partial charge in [-0.05, 0) is 66.8 Å². The molecule has 1 aliphatic rings. The first kappa shape index (κ1) is 26.0. The van der Waals surface area contributed by atoms with Gasteiger partial charge in [-0.25, -0.2) is 0 Å². The van der Waals surface area contributed by atoms with Crippen molar-refractivity contribution in [1.29, 1.82) is 0 Å². The Bertz CT molecular complexity index is 1150. The van der Waals surface area contributed by atoms with Crippen LogP contribution in [0.25, 0.3) is 0 Å². The van der Waals surface area contributed by atoms with Gasteiger partial charge in [0, 0.05) is 48.9 Å². The van der Waals surface area contributed by atoms with Crippen LogP contribution in [0.15, 0.2) is 60.0 Å². The lowest BCUT2D eigenvalue weighted by Crippen LogP contribution is -2.29. The van der Waals surface area contributed by atoms with E-state index in [0.29, 0.717) is 30.8 Å². The lowest BCUT2D eigenvalue weighted by atomic mass is 10.1. The quantitative estimate of drug-likeness (QED) is 0.414. The van der Waals surface area contributed by atoms with Crippen LogP contribution in [0.1, 0.15) is 38.3 Å². The number of carbonyl (C=O) groups excluding carboxylic acids is 2. The zero-order valence-electron chi connectivity index (χ0n) is 20.8. The van der Waals surface area contributed by atoms with Crippen molar-refractivity contribution >= 4 is 28.8 Å². The van der Waals surface area contributed by atoms with Crippen molar-refractivity contribution < 1.29 is 9.59 Å². The van der Waals surface area contributed by atoms with Gasteiger partial charge in [-0.2, -0.15) is 0 Å². The van der Waals surface area contributed by atoms with Crippen LogP contribution in [0.5, 0.6) is 0 Å². The number of amides is 2. The SMILES string of the molecule is CN1CCCN(Cc2ccc(C(=O)NCc3ccc(CN)cc3)cc2NC(=O)Cc2cccs2)CC1. The minimum absolute atomic E-state index is 0.0770. The van der Waals surface area contributed by atoms with Gasteiger partial charge >= 0.3 is 0 Å². The number of nitrogens with one attached hydrogen (secondary N) is 2. The summed E-state index contributed by atoms with van der Waals surface area (Å²) in [6, 6.07) is 17.4. The van der Waals surface area contributed by atoms with Crippen LogP contribution in [0.4, 0.5) is 5.69 Å². The van der Waals surface area contributed by atoms with Gasteiger partial charge < -0.3 is 21.3 Å². The van der Waals surface area contributed by atoms with E-state index in [0.717, 1.165) is 60.7 Å². The fraction of sp³-hybridized carbons (Fsp3) is 0.357. The first-order valence-electron chi connectivity index (χ1n) is 12.4. The molecule has 1 saturated heterocycles. The molecule has 0 aliphatic carbocycles. The molecule has 0 saturated carbocycles. The number of nitrogens with zero attached hydrogens (tertiary/aromatic N) is 2. The van der Waals surface area contributed by atoms with E-state index in [4.69, 9.17) is 5.73 Å². The van der Waals surface area contributed by atoms with Crippen molar-refractivity contribution in [2.75, 3.05) is 38.5 Å². The van der Waals surface area contributed by atoms with E-state index < -0.39 is 0 Å². The van der Waals surface area contributed by atoms with Gasteiger partial charge in [-0.3, -0.25) is 14.5 Å². The van der Waals surface area contributed by atoms with Crippen molar-refractivity contribution in [3.63, 3.8) is 0 Å². The van der Waals surface area contributed by atoms with Gasteiger partial charge in [-0.1, -0.05) is 36.4 Å². The van der Waals surface area contributed by atoms with E-state index in [-0.39, 0.29) is 11.8 Å². The summed E-state index contributed by atoms with van der Waals surface area (Å²) in [7, 11) is 2.15. The van der Waals surface area contributed by atoms with E-state index in [2.05, 4.69) is 27.5 Å². The molecule has 4 rings (SSSR count). The zero-order valence-corrected chi connectivity index (χ0v) is 21.7. The number of rotatable bonds is 9. The molecule has 1 aromatic heterocycles. The summed E-state index contributed by atoms with van der Waals surface area (Å²) in [6.45, 7) is 5.75. The predicted molar refractivity (Wildman–Crippen MR) is 146 cm³/mol. The molecule has 2 heterocycles. The van der Waals surface area contributed by atoms with Crippen LogP contribution in [0.3, 0.4) is 0 Å². The van der Waals surface area contributed by atoms with Crippen molar-refractivity contribution in [2.24, 2.45) is 5.73 Å². The molecular weight excluding hydrogens is 470 g/mol.